The van der Waals surface area contributed by atoms with Gasteiger partial charge in [-0.25, -0.2) is 9.37 Å². The van der Waals surface area contributed by atoms with E-state index >= 15 is 0 Å². The molecule has 0 radical (unpaired) electrons. The van der Waals surface area contributed by atoms with Gasteiger partial charge < -0.3 is 10.1 Å². The number of fused-ring (bicyclic) bond motifs is 1. The van der Waals surface area contributed by atoms with Crippen LogP contribution in [-0.4, -0.2) is 23.3 Å². The molecule has 0 saturated heterocycles. The van der Waals surface area contributed by atoms with Crippen LogP contribution in [0.5, 0.6) is 0 Å². The quantitative estimate of drug-likeness (QED) is 0.878. The molecule has 0 spiro atoms. The van der Waals surface area contributed by atoms with Crippen LogP contribution in [-0.2, 0) is 22.6 Å². The van der Waals surface area contributed by atoms with Crippen molar-refractivity contribution in [1.82, 2.24) is 4.98 Å². The van der Waals surface area contributed by atoms with Crippen molar-refractivity contribution in [2.75, 3.05) is 17.7 Å². The molecule has 21 heavy (non-hydrogen) atoms. The van der Waals surface area contributed by atoms with Gasteiger partial charge in [-0.15, -0.1) is 11.8 Å². The number of thiazole rings is 1. The molecule has 0 unspecified atom stereocenters. The van der Waals surface area contributed by atoms with Gasteiger partial charge in [0, 0.05) is 11.3 Å². The van der Waals surface area contributed by atoms with Crippen LogP contribution in [0.4, 0.5) is 9.52 Å². The topological polar surface area (TPSA) is 51.2 Å². The average molecular weight is 324 g/mol. The molecule has 1 N–H and O–H groups in total. The molecule has 0 atom stereocenters. The number of aromatic nitrogens is 1. The molecule has 1 amide bonds. The third-order valence-corrected chi connectivity index (χ3v) is 4.92. The first-order valence-electron chi connectivity index (χ1n) is 6.45. The smallest absolute Gasteiger partial charge is 0.236 e. The summed E-state index contributed by atoms with van der Waals surface area (Å²) in [6.07, 6.45) is 0.798. The summed E-state index contributed by atoms with van der Waals surface area (Å²) in [6.45, 7) is 1.26. The number of hydrogen-bond donors (Lipinski definition) is 1. The molecule has 1 aromatic heterocycles. The van der Waals surface area contributed by atoms with E-state index in [9.17, 15) is 9.18 Å². The van der Waals surface area contributed by atoms with Gasteiger partial charge >= 0.3 is 0 Å². The van der Waals surface area contributed by atoms with Gasteiger partial charge in [0.2, 0.25) is 5.91 Å². The SMILES string of the molecule is O=C(CSc1ccc(F)cc1)Nc1nc2c(s1)COCC2. The molecule has 0 aliphatic carbocycles. The van der Waals surface area contributed by atoms with Crippen molar-refractivity contribution in [2.24, 2.45) is 0 Å². The van der Waals surface area contributed by atoms with Crippen molar-refractivity contribution < 1.29 is 13.9 Å². The van der Waals surface area contributed by atoms with E-state index in [4.69, 9.17) is 4.74 Å². The zero-order valence-electron chi connectivity index (χ0n) is 11.1. The third kappa shape index (κ3) is 3.81. The monoisotopic (exact) mass is 324 g/mol. The molecule has 1 aliphatic rings. The summed E-state index contributed by atoms with van der Waals surface area (Å²) < 4.78 is 18.1. The first-order valence-corrected chi connectivity index (χ1v) is 8.25. The predicted octanol–water partition coefficient (Wildman–Crippen LogP) is 3.09. The Labute approximate surface area is 129 Å². The van der Waals surface area contributed by atoms with Gasteiger partial charge in [-0.1, -0.05) is 11.3 Å². The number of benzene rings is 1. The van der Waals surface area contributed by atoms with Gasteiger partial charge in [-0.2, -0.15) is 0 Å². The maximum Gasteiger partial charge on any atom is 0.236 e. The average Bonchev–Trinajstić information content (AvgIpc) is 2.88. The fourth-order valence-electron chi connectivity index (χ4n) is 1.91. The number of halogens is 1. The maximum atomic E-state index is 12.8. The first kappa shape index (κ1) is 14.5. The molecule has 0 saturated carbocycles. The Bertz CT molecular complexity index is 619. The van der Waals surface area contributed by atoms with E-state index < -0.39 is 0 Å². The van der Waals surface area contributed by atoms with Gasteiger partial charge in [0.1, 0.15) is 5.82 Å². The molecule has 3 rings (SSSR count). The Balaban J connectivity index is 1.54. The van der Waals surface area contributed by atoms with Crippen molar-refractivity contribution in [3.8, 4) is 0 Å². The van der Waals surface area contributed by atoms with E-state index in [0.717, 1.165) is 21.9 Å². The normalized spacial score (nSPS) is 13.8. The maximum absolute atomic E-state index is 12.8. The summed E-state index contributed by atoms with van der Waals surface area (Å²) in [5.74, 6) is -0.123. The molecular formula is C14H13FN2O2S2. The lowest BCUT2D eigenvalue weighted by Crippen LogP contribution is -2.14. The zero-order valence-corrected chi connectivity index (χ0v) is 12.7. The Morgan fingerprint density at radius 1 is 1.43 bits per heavy atom. The van der Waals surface area contributed by atoms with Crippen LogP contribution in [0.1, 0.15) is 10.6 Å². The lowest BCUT2D eigenvalue weighted by atomic mass is 10.2. The Morgan fingerprint density at radius 3 is 3.00 bits per heavy atom. The van der Waals surface area contributed by atoms with E-state index in [1.54, 1.807) is 12.1 Å². The minimum atomic E-state index is -0.278. The van der Waals surface area contributed by atoms with Crippen LogP contribution >= 0.6 is 23.1 Å². The van der Waals surface area contributed by atoms with Crippen LogP contribution in [0.2, 0.25) is 0 Å². The second-order valence-electron chi connectivity index (χ2n) is 4.48. The number of nitrogens with one attached hydrogen (secondary N) is 1. The number of carbonyl (C=O) groups is 1. The third-order valence-electron chi connectivity index (χ3n) is 2.92. The van der Waals surface area contributed by atoms with Gasteiger partial charge in [0.15, 0.2) is 5.13 Å². The largest absolute Gasteiger partial charge is 0.375 e. The highest BCUT2D eigenvalue weighted by Crippen LogP contribution is 2.27. The molecule has 1 aromatic carbocycles. The van der Waals surface area contributed by atoms with E-state index in [-0.39, 0.29) is 17.5 Å². The van der Waals surface area contributed by atoms with Crippen molar-refractivity contribution in [1.29, 1.82) is 0 Å². The summed E-state index contributed by atoms with van der Waals surface area (Å²) in [5, 5.41) is 3.42. The lowest BCUT2D eigenvalue weighted by molar-refractivity contribution is -0.113. The van der Waals surface area contributed by atoms with Crippen molar-refractivity contribution in [3.63, 3.8) is 0 Å². The molecule has 7 heteroatoms. The minimum Gasteiger partial charge on any atom is -0.375 e. The lowest BCUT2D eigenvalue weighted by Gasteiger charge is -2.08. The Morgan fingerprint density at radius 2 is 2.24 bits per heavy atom. The van der Waals surface area contributed by atoms with Crippen molar-refractivity contribution >= 4 is 34.1 Å². The number of hydrogen-bond acceptors (Lipinski definition) is 5. The molecular weight excluding hydrogens is 311 g/mol. The van der Waals surface area contributed by atoms with Crippen LogP contribution in [0.3, 0.4) is 0 Å². The van der Waals surface area contributed by atoms with Crippen molar-refractivity contribution in [3.05, 3.63) is 40.7 Å². The molecule has 0 fully saturated rings. The van der Waals surface area contributed by atoms with Crippen LogP contribution in [0.15, 0.2) is 29.2 Å². The second-order valence-corrected chi connectivity index (χ2v) is 6.61. The molecule has 2 aromatic rings. The van der Waals surface area contributed by atoms with Gasteiger partial charge in [-0.05, 0) is 24.3 Å². The van der Waals surface area contributed by atoms with Gasteiger partial charge in [0.25, 0.3) is 0 Å². The molecule has 2 heterocycles. The predicted molar refractivity (Wildman–Crippen MR) is 81.2 cm³/mol. The van der Waals surface area contributed by atoms with Gasteiger partial charge in [0.05, 0.1) is 29.5 Å². The molecule has 1 aliphatic heterocycles. The summed E-state index contributed by atoms with van der Waals surface area (Å²) in [7, 11) is 0. The van der Waals surface area contributed by atoms with E-state index in [1.165, 1.54) is 35.2 Å². The van der Waals surface area contributed by atoms with E-state index in [1.807, 2.05) is 0 Å². The standard InChI is InChI=1S/C14H13FN2O2S2/c15-9-1-3-10(4-2-9)20-8-13(18)17-14-16-11-5-6-19-7-12(11)21-14/h1-4H,5-8H2,(H,16,17,18). The minimum absolute atomic E-state index is 0.114. The Hall–Kier alpha value is -1.44. The first-order chi connectivity index (χ1) is 10.2. The number of amides is 1. The summed E-state index contributed by atoms with van der Waals surface area (Å²) in [4.78, 5) is 18.2. The number of carbonyl (C=O) groups excluding carboxylic acids is 1. The van der Waals surface area contributed by atoms with E-state index in [0.29, 0.717) is 18.3 Å². The number of anilines is 1. The highest BCUT2D eigenvalue weighted by molar-refractivity contribution is 8.00. The van der Waals surface area contributed by atoms with Crippen LogP contribution in [0, 0.1) is 5.82 Å². The fraction of sp³-hybridized carbons (Fsp3) is 0.286. The number of ether oxygens (including phenoxy) is 1. The van der Waals surface area contributed by atoms with Crippen LogP contribution in [0.25, 0.3) is 0 Å². The molecule has 110 valence electrons. The number of thioether (sulfide) groups is 1. The van der Waals surface area contributed by atoms with Gasteiger partial charge in [-0.3, -0.25) is 4.79 Å². The highest BCUT2D eigenvalue weighted by atomic mass is 32.2. The van der Waals surface area contributed by atoms with Crippen LogP contribution < -0.4 is 5.32 Å². The second kappa shape index (κ2) is 6.55. The number of rotatable bonds is 4. The molecule has 0 bridgehead atoms. The zero-order chi connectivity index (χ0) is 14.7. The molecule has 4 nitrogen and oxygen atoms in total. The summed E-state index contributed by atoms with van der Waals surface area (Å²) in [5.41, 5.74) is 1.02. The fourth-order valence-corrected chi connectivity index (χ4v) is 3.57. The summed E-state index contributed by atoms with van der Waals surface area (Å²) in [6, 6.07) is 6.09. The Kier molecular flexibility index (Phi) is 4.52. The highest BCUT2D eigenvalue weighted by Gasteiger charge is 2.16. The summed E-state index contributed by atoms with van der Waals surface area (Å²) >= 11 is 2.83. The van der Waals surface area contributed by atoms with Crippen molar-refractivity contribution in [2.45, 2.75) is 17.9 Å². The number of nitrogens with zero attached hydrogens (tertiary/aromatic N) is 1. The van der Waals surface area contributed by atoms with E-state index in [2.05, 4.69) is 10.3 Å².